The normalized spacial score (nSPS) is 14.4. The van der Waals surface area contributed by atoms with Gasteiger partial charge in [-0.2, -0.15) is 13.2 Å². The van der Waals surface area contributed by atoms with Crippen LogP contribution < -0.4 is 9.62 Å². The SMILES string of the molecule is C=Nc1c(/C=C\C)cccc1S(=O)(=O)Nc1ccc(C(=O)N2CCN(c3cc(C(F)(F)F)ccc3C)CC2)cc1. The number of hydrogen-bond acceptors (Lipinski definition) is 5. The van der Waals surface area contributed by atoms with Gasteiger partial charge in [0.15, 0.2) is 0 Å². The molecule has 0 radical (unpaired) electrons. The zero-order chi connectivity index (χ0) is 29.1. The van der Waals surface area contributed by atoms with Gasteiger partial charge in [-0.25, -0.2) is 8.42 Å². The Morgan fingerprint density at radius 2 is 1.70 bits per heavy atom. The number of benzene rings is 3. The number of allylic oxidation sites excluding steroid dienone is 1. The zero-order valence-corrected chi connectivity index (χ0v) is 22.9. The van der Waals surface area contributed by atoms with E-state index in [0.29, 0.717) is 43.0 Å². The van der Waals surface area contributed by atoms with Crippen LogP contribution in [0.5, 0.6) is 0 Å². The molecule has 1 saturated heterocycles. The van der Waals surface area contributed by atoms with Crippen molar-refractivity contribution in [2.24, 2.45) is 4.99 Å². The third kappa shape index (κ3) is 6.20. The predicted octanol–water partition coefficient (Wildman–Crippen LogP) is 6.14. The van der Waals surface area contributed by atoms with Crippen molar-refractivity contribution in [3.05, 3.63) is 89.0 Å². The van der Waals surface area contributed by atoms with Gasteiger partial charge < -0.3 is 9.80 Å². The summed E-state index contributed by atoms with van der Waals surface area (Å²) in [6.07, 6.45) is -0.915. The molecule has 0 saturated carbocycles. The topological polar surface area (TPSA) is 82.1 Å². The second-order valence-corrected chi connectivity index (χ2v) is 11.0. The highest BCUT2D eigenvalue weighted by Crippen LogP contribution is 2.34. The van der Waals surface area contributed by atoms with Gasteiger partial charge in [-0.05, 0) is 68.6 Å². The first-order valence-electron chi connectivity index (χ1n) is 12.5. The van der Waals surface area contributed by atoms with Crippen LogP contribution in [0.25, 0.3) is 6.08 Å². The number of piperazine rings is 1. The molecule has 3 aromatic carbocycles. The number of carbonyl (C=O) groups is 1. The van der Waals surface area contributed by atoms with Gasteiger partial charge in [0.2, 0.25) is 0 Å². The number of sulfonamides is 1. The fraction of sp³-hybridized carbons (Fsp3) is 0.241. The molecule has 210 valence electrons. The summed E-state index contributed by atoms with van der Waals surface area (Å²) in [7, 11) is -3.99. The molecule has 0 atom stereocenters. The summed E-state index contributed by atoms with van der Waals surface area (Å²) in [4.78, 5) is 20.5. The van der Waals surface area contributed by atoms with Gasteiger partial charge in [0.05, 0.1) is 11.3 Å². The van der Waals surface area contributed by atoms with E-state index in [0.717, 1.165) is 17.7 Å². The number of aliphatic imine (C=N–C) groups is 1. The maximum Gasteiger partial charge on any atom is 0.416 e. The number of amides is 1. The van der Waals surface area contributed by atoms with Crippen LogP contribution >= 0.6 is 0 Å². The molecular formula is C29H29F3N4O3S. The highest BCUT2D eigenvalue weighted by Gasteiger charge is 2.32. The third-order valence-corrected chi connectivity index (χ3v) is 8.07. The average Bonchev–Trinajstić information content (AvgIpc) is 2.92. The second kappa shape index (κ2) is 11.5. The lowest BCUT2D eigenvalue weighted by molar-refractivity contribution is -0.137. The minimum Gasteiger partial charge on any atom is -0.368 e. The van der Waals surface area contributed by atoms with Crippen molar-refractivity contribution in [3.8, 4) is 0 Å². The summed E-state index contributed by atoms with van der Waals surface area (Å²) in [5.41, 5.74) is 2.02. The average molecular weight is 571 g/mol. The lowest BCUT2D eigenvalue weighted by atomic mass is 10.1. The van der Waals surface area contributed by atoms with E-state index in [-0.39, 0.29) is 22.2 Å². The first kappa shape index (κ1) is 28.9. The number of alkyl halides is 3. The van der Waals surface area contributed by atoms with Crippen molar-refractivity contribution >= 4 is 45.8 Å². The number of halogens is 3. The number of carbonyl (C=O) groups excluding carboxylic acids is 1. The Balaban J connectivity index is 1.43. The van der Waals surface area contributed by atoms with Gasteiger partial charge >= 0.3 is 6.18 Å². The third-order valence-electron chi connectivity index (χ3n) is 6.65. The standard InChI is InChI=1S/C29H29F3N4O3S/c1-4-6-21-7-5-8-26(27(21)33-3)40(38,39)34-24-13-10-22(11-14-24)28(37)36-17-15-35(16-18-36)25-19-23(29(30,31)32)12-9-20(25)2/h4-14,19,34H,3,15-18H2,1-2H3/b6-4-. The Labute approximate surface area is 231 Å². The predicted molar refractivity (Wildman–Crippen MR) is 152 cm³/mol. The van der Waals surface area contributed by atoms with E-state index in [1.807, 2.05) is 11.8 Å². The molecule has 1 aliphatic heterocycles. The molecule has 1 amide bonds. The largest absolute Gasteiger partial charge is 0.416 e. The summed E-state index contributed by atoms with van der Waals surface area (Å²) >= 11 is 0. The van der Waals surface area contributed by atoms with Crippen molar-refractivity contribution in [2.45, 2.75) is 24.9 Å². The van der Waals surface area contributed by atoms with Crippen LogP contribution in [-0.2, 0) is 16.2 Å². The molecule has 0 spiro atoms. The summed E-state index contributed by atoms with van der Waals surface area (Å²) in [5, 5.41) is 0. The summed E-state index contributed by atoms with van der Waals surface area (Å²) in [6.45, 7) is 8.52. The van der Waals surface area contributed by atoms with E-state index in [2.05, 4.69) is 16.4 Å². The van der Waals surface area contributed by atoms with Crippen molar-refractivity contribution in [3.63, 3.8) is 0 Å². The van der Waals surface area contributed by atoms with Crippen LogP contribution in [0.1, 0.15) is 34.0 Å². The highest BCUT2D eigenvalue weighted by atomic mass is 32.2. The minimum absolute atomic E-state index is 0.0212. The number of rotatable bonds is 7. The smallest absolute Gasteiger partial charge is 0.368 e. The first-order valence-corrected chi connectivity index (χ1v) is 14.0. The maximum absolute atomic E-state index is 13.2. The molecule has 0 aliphatic carbocycles. The number of para-hydroxylation sites is 1. The highest BCUT2D eigenvalue weighted by molar-refractivity contribution is 7.92. The van der Waals surface area contributed by atoms with Crippen LogP contribution in [-0.4, -0.2) is 52.1 Å². The van der Waals surface area contributed by atoms with Gasteiger partial charge in [-0.3, -0.25) is 14.5 Å². The van der Waals surface area contributed by atoms with Crippen LogP contribution in [0.3, 0.4) is 0 Å². The number of aryl methyl sites for hydroxylation is 1. The molecule has 11 heteroatoms. The van der Waals surface area contributed by atoms with Crippen molar-refractivity contribution < 1.29 is 26.4 Å². The van der Waals surface area contributed by atoms with Crippen molar-refractivity contribution in [1.29, 1.82) is 0 Å². The molecule has 1 fully saturated rings. The first-order chi connectivity index (χ1) is 18.9. The second-order valence-electron chi connectivity index (χ2n) is 9.31. The summed E-state index contributed by atoms with van der Waals surface area (Å²) in [6, 6.07) is 14.6. The minimum atomic E-state index is -4.43. The Morgan fingerprint density at radius 1 is 1.02 bits per heavy atom. The quantitative estimate of drug-likeness (QED) is 0.346. The number of hydrogen-bond donors (Lipinski definition) is 1. The maximum atomic E-state index is 13.2. The lowest BCUT2D eigenvalue weighted by Gasteiger charge is -2.37. The number of anilines is 2. The van der Waals surface area contributed by atoms with E-state index in [9.17, 15) is 26.4 Å². The lowest BCUT2D eigenvalue weighted by Crippen LogP contribution is -2.49. The van der Waals surface area contributed by atoms with E-state index in [1.165, 1.54) is 36.4 Å². The fourth-order valence-electron chi connectivity index (χ4n) is 4.59. The van der Waals surface area contributed by atoms with Crippen LogP contribution in [0.15, 0.2) is 76.6 Å². The van der Waals surface area contributed by atoms with Crippen LogP contribution in [0, 0.1) is 6.92 Å². The molecular weight excluding hydrogens is 541 g/mol. The molecule has 1 heterocycles. The Morgan fingerprint density at radius 3 is 2.30 bits per heavy atom. The Hall–Kier alpha value is -4.12. The summed E-state index contributed by atoms with van der Waals surface area (Å²) < 4.78 is 68.3. The molecule has 40 heavy (non-hydrogen) atoms. The fourth-order valence-corrected chi connectivity index (χ4v) is 5.84. The zero-order valence-electron chi connectivity index (χ0n) is 22.1. The molecule has 1 aliphatic rings. The van der Waals surface area contributed by atoms with Crippen LogP contribution in [0.2, 0.25) is 0 Å². The monoisotopic (exact) mass is 570 g/mol. The molecule has 0 aromatic heterocycles. The van der Waals surface area contributed by atoms with E-state index in [1.54, 1.807) is 36.1 Å². The van der Waals surface area contributed by atoms with Gasteiger partial charge in [0, 0.05) is 48.7 Å². The Kier molecular flexibility index (Phi) is 8.34. The summed E-state index contributed by atoms with van der Waals surface area (Å²) in [5.74, 6) is -0.244. The molecule has 3 aromatic rings. The van der Waals surface area contributed by atoms with Gasteiger partial charge in [-0.15, -0.1) is 0 Å². The number of nitrogens with zero attached hydrogens (tertiary/aromatic N) is 3. The van der Waals surface area contributed by atoms with E-state index < -0.39 is 21.8 Å². The Bertz CT molecular complexity index is 1540. The molecule has 1 N–H and O–H groups in total. The van der Waals surface area contributed by atoms with Crippen molar-refractivity contribution in [1.82, 2.24) is 4.90 Å². The molecule has 0 unspecified atom stereocenters. The molecule has 0 bridgehead atoms. The number of nitrogens with one attached hydrogen (secondary N) is 1. The van der Waals surface area contributed by atoms with E-state index in [4.69, 9.17) is 0 Å². The van der Waals surface area contributed by atoms with Crippen molar-refractivity contribution in [2.75, 3.05) is 35.8 Å². The molecule has 7 nitrogen and oxygen atoms in total. The molecule has 4 rings (SSSR count). The van der Waals surface area contributed by atoms with Crippen LogP contribution in [0.4, 0.5) is 30.2 Å². The van der Waals surface area contributed by atoms with Gasteiger partial charge in [0.25, 0.3) is 15.9 Å². The van der Waals surface area contributed by atoms with Gasteiger partial charge in [0.1, 0.15) is 4.90 Å². The van der Waals surface area contributed by atoms with E-state index >= 15 is 0 Å². The van der Waals surface area contributed by atoms with Gasteiger partial charge in [-0.1, -0.05) is 30.4 Å².